The first-order chi connectivity index (χ1) is 10.1. The average molecular weight is 295 g/mol. The lowest BCUT2D eigenvalue weighted by Gasteiger charge is -2.26. The summed E-state index contributed by atoms with van der Waals surface area (Å²) < 4.78 is 10.8. The number of rotatable bonds is 9. The number of ether oxygens (including phenoxy) is 2. The molecule has 3 N–H and O–H groups in total. The van der Waals surface area contributed by atoms with Gasteiger partial charge in [-0.05, 0) is 38.1 Å². The zero-order valence-electron chi connectivity index (χ0n) is 13.0. The van der Waals surface area contributed by atoms with Crippen LogP contribution in [0, 0.1) is 0 Å². The van der Waals surface area contributed by atoms with Crippen LogP contribution in [0.1, 0.15) is 20.3 Å². The molecular formula is C15H25N3O3. The molecule has 0 aliphatic heterocycles. The third-order valence-electron chi connectivity index (χ3n) is 3.22. The molecule has 0 bridgehead atoms. The third kappa shape index (κ3) is 6.35. The molecule has 0 radical (unpaired) electrons. The van der Waals surface area contributed by atoms with Gasteiger partial charge in [0.25, 0.3) is 0 Å². The number of oxime groups is 1. The molecule has 1 aromatic rings. The van der Waals surface area contributed by atoms with Crippen molar-refractivity contribution in [2.24, 2.45) is 10.9 Å². The maximum atomic E-state index is 8.56. The van der Waals surface area contributed by atoms with E-state index in [1.165, 1.54) is 0 Å². The molecule has 0 saturated heterocycles. The van der Waals surface area contributed by atoms with Crippen LogP contribution in [0.4, 0.5) is 0 Å². The van der Waals surface area contributed by atoms with Crippen LogP contribution in [0.15, 0.2) is 29.4 Å². The van der Waals surface area contributed by atoms with Gasteiger partial charge in [0.2, 0.25) is 0 Å². The normalized spacial score (nSPS) is 12.0. The molecule has 0 aliphatic carbocycles. The highest BCUT2D eigenvalue weighted by Gasteiger charge is 2.10. The van der Waals surface area contributed by atoms with Gasteiger partial charge in [0.1, 0.15) is 23.9 Å². The SMILES string of the molecule is COc1ccc(OCCN(CCC(N)=NO)C(C)C)cc1. The van der Waals surface area contributed by atoms with Crippen molar-refractivity contribution in [1.29, 1.82) is 0 Å². The van der Waals surface area contributed by atoms with Crippen molar-refractivity contribution >= 4 is 5.84 Å². The minimum atomic E-state index is 0.247. The third-order valence-corrected chi connectivity index (χ3v) is 3.22. The molecule has 0 unspecified atom stereocenters. The van der Waals surface area contributed by atoms with Crippen molar-refractivity contribution in [2.45, 2.75) is 26.3 Å². The number of methoxy groups -OCH3 is 1. The Kier molecular flexibility index (Phi) is 7.39. The standard InChI is InChI=1S/C15H25N3O3/c1-12(2)18(9-8-15(16)17-19)10-11-21-14-6-4-13(20-3)5-7-14/h4-7,12,19H,8-11H2,1-3H3,(H2,16,17). The summed E-state index contributed by atoms with van der Waals surface area (Å²) in [5.41, 5.74) is 5.50. The van der Waals surface area contributed by atoms with E-state index in [0.717, 1.165) is 24.6 Å². The van der Waals surface area contributed by atoms with E-state index in [1.54, 1.807) is 7.11 Å². The highest BCUT2D eigenvalue weighted by atomic mass is 16.5. The number of amidine groups is 1. The molecule has 0 fully saturated rings. The Labute approximate surface area is 126 Å². The lowest BCUT2D eigenvalue weighted by molar-refractivity contribution is 0.179. The summed E-state index contributed by atoms with van der Waals surface area (Å²) in [6.45, 7) is 6.32. The van der Waals surface area contributed by atoms with Gasteiger partial charge in [-0.3, -0.25) is 4.90 Å². The van der Waals surface area contributed by atoms with Crippen LogP contribution < -0.4 is 15.2 Å². The van der Waals surface area contributed by atoms with E-state index in [4.69, 9.17) is 20.4 Å². The molecule has 0 saturated carbocycles. The smallest absolute Gasteiger partial charge is 0.140 e. The van der Waals surface area contributed by atoms with E-state index in [9.17, 15) is 0 Å². The van der Waals surface area contributed by atoms with Crippen molar-refractivity contribution in [3.63, 3.8) is 0 Å². The van der Waals surface area contributed by atoms with E-state index >= 15 is 0 Å². The van der Waals surface area contributed by atoms with Crippen LogP contribution >= 0.6 is 0 Å². The Balaban J connectivity index is 2.38. The van der Waals surface area contributed by atoms with Gasteiger partial charge in [0.05, 0.1) is 7.11 Å². The molecule has 0 aliphatic rings. The molecule has 1 rings (SSSR count). The predicted molar refractivity (Wildman–Crippen MR) is 83.2 cm³/mol. The second-order valence-electron chi connectivity index (χ2n) is 5.00. The van der Waals surface area contributed by atoms with Gasteiger partial charge >= 0.3 is 0 Å². The topological polar surface area (TPSA) is 80.3 Å². The minimum absolute atomic E-state index is 0.247. The van der Waals surface area contributed by atoms with Crippen molar-refractivity contribution in [1.82, 2.24) is 4.90 Å². The summed E-state index contributed by atoms with van der Waals surface area (Å²) in [4.78, 5) is 2.22. The van der Waals surface area contributed by atoms with Gasteiger partial charge in [-0.2, -0.15) is 0 Å². The highest BCUT2D eigenvalue weighted by Crippen LogP contribution is 2.16. The number of nitrogens with zero attached hydrogens (tertiary/aromatic N) is 2. The van der Waals surface area contributed by atoms with Gasteiger partial charge in [0.15, 0.2) is 0 Å². The van der Waals surface area contributed by atoms with Gasteiger partial charge in [-0.25, -0.2) is 0 Å². The number of hydrogen-bond acceptors (Lipinski definition) is 5. The predicted octanol–water partition coefficient (Wildman–Crippen LogP) is 1.92. The number of hydrogen-bond donors (Lipinski definition) is 2. The Morgan fingerprint density at radius 3 is 2.38 bits per heavy atom. The van der Waals surface area contributed by atoms with E-state index in [2.05, 4.69) is 23.9 Å². The summed E-state index contributed by atoms with van der Waals surface area (Å²) in [6, 6.07) is 7.88. The Hall–Kier alpha value is -1.95. The summed E-state index contributed by atoms with van der Waals surface area (Å²) in [5.74, 6) is 1.87. The first-order valence-corrected chi connectivity index (χ1v) is 7.04. The second kappa shape index (κ2) is 9.07. The fourth-order valence-corrected chi connectivity index (χ4v) is 1.89. The molecule has 21 heavy (non-hydrogen) atoms. The van der Waals surface area contributed by atoms with Crippen LogP contribution in [0.3, 0.4) is 0 Å². The van der Waals surface area contributed by atoms with Crippen LogP contribution in [0.25, 0.3) is 0 Å². The van der Waals surface area contributed by atoms with Crippen molar-refractivity contribution < 1.29 is 14.7 Å². The van der Waals surface area contributed by atoms with Gasteiger partial charge in [-0.1, -0.05) is 5.16 Å². The van der Waals surface area contributed by atoms with E-state index < -0.39 is 0 Å². The summed E-state index contributed by atoms with van der Waals surface area (Å²) in [5, 5.41) is 11.6. The molecule has 6 nitrogen and oxygen atoms in total. The molecule has 1 aromatic carbocycles. The summed E-state index contributed by atoms with van der Waals surface area (Å²) in [7, 11) is 1.64. The molecular weight excluding hydrogens is 270 g/mol. The first-order valence-electron chi connectivity index (χ1n) is 7.04. The molecule has 6 heteroatoms. The largest absolute Gasteiger partial charge is 0.497 e. The number of nitrogens with two attached hydrogens (primary N) is 1. The zero-order chi connectivity index (χ0) is 15.7. The molecule has 0 heterocycles. The zero-order valence-corrected chi connectivity index (χ0v) is 13.0. The Bertz CT molecular complexity index is 432. The fraction of sp³-hybridized carbons (Fsp3) is 0.533. The molecule has 0 spiro atoms. The minimum Gasteiger partial charge on any atom is -0.497 e. The Morgan fingerprint density at radius 1 is 1.24 bits per heavy atom. The van der Waals surface area contributed by atoms with E-state index in [-0.39, 0.29) is 5.84 Å². The first kappa shape index (κ1) is 17.1. The van der Waals surface area contributed by atoms with Crippen LogP contribution in [0.5, 0.6) is 11.5 Å². The Morgan fingerprint density at radius 2 is 1.86 bits per heavy atom. The molecule has 0 amide bonds. The lowest BCUT2D eigenvalue weighted by atomic mass is 10.2. The van der Waals surface area contributed by atoms with Crippen molar-refractivity contribution in [2.75, 3.05) is 26.8 Å². The van der Waals surface area contributed by atoms with Crippen LogP contribution in [-0.4, -0.2) is 48.8 Å². The molecule has 118 valence electrons. The van der Waals surface area contributed by atoms with Crippen LogP contribution in [0.2, 0.25) is 0 Å². The maximum absolute atomic E-state index is 8.56. The molecule has 0 aromatic heterocycles. The second-order valence-corrected chi connectivity index (χ2v) is 5.00. The molecule has 0 atom stereocenters. The van der Waals surface area contributed by atoms with Gasteiger partial charge < -0.3 is 20.4 Å². The van der Waals surface area contributed by atoms with Crippen LogP contribution in [-0.2, 0) is 0 Å². The monoisotopic (exact) mass is 295 g/mol. The average Bonchev–Trinajstić information content (AvgIpc) is 2.50. The fourth-order valence-electron chi connectivity index (χ4n) is 1.89. The lowest BCUT2D eigenvalue weighted by Crippen LogP contribution is -2.37. The van der Waals surface area contributed by atoms with E-state index in [1.807, 2.05) is 24.3 Å². The summed E-state index contributed by atoms with van der Waals surface area (Å²) in [6.07, 6.45) is 0.539. The summed E-state index contributed by atoms with van der Waals surface area (Å²) >= 11 is 0. The van der Waals surface area contributed by atoms with Crippen molar-refractivity contribution in [3.8, 4) is 11.5 Å². The quantitative estimate of drug-likeness (QED) is 0.315. The van der Waals surface area contributed by atoms with Gasteiger partial charge in [-0.15, -0.1) is 0 Å². The maximum Gasteiger partial charge on any atom is 0.140 e. The van der Waals surface area contributed by atoms with Crippen molar-refractivity contribution in [3.05, 3.63) is 24.3 Å². The number of benzene rings is 1. The highest BCUT2D eigenvalue weighted by molar-refractivity contribution is 5.79. The van der Waals surface area contributed by atoms with Gasteiger partial charge in [0, 0.05) is 25.6 Å². The van der Waals surface area contributed by atoms with E-state index in [0.29, 0.717) is 19.1 Å².